The molecule has 3 rings (SSSR count). The van der Waals surface area contributed by atoms with Crippen molar-refractivity contribution in [3.05, 3.63) is 75.5 Å². The summed E-state index contributed by atoms with van der Waals surface area (Å²) in [6.45, 7) is -2.56. The number of anilines is 1. The quantitative estimate of drug-likeness (QED) is 0.555. The molecule has 0 aliphatic rings. The number of benzene rings is 2. The summed E-state index contributed by atoms with van der Waals surface area (Å²) in [4.78, 5) is 12.5. The van der Waals surface area contributed by atoms with Crippen LogP contribution >= 0.6 is 27.5 Å². The van der Waals surface area contributed by atoms with E-state index in [1.807, 2.05) is 18.2 Å². The van der Waals surface area contributed by atoms with Gasteiger partial charge in [-0.3, -0.25) is 9.48 Å². The lowest BCUT2D eigenvalue weighted by atomic mass is 10.2. The number of carbonyl (C=O) groups excluding carboxylic acids is 1. The molecular formula is C18H13BrClF2N3O2. The summed E-state index contributed by atoms with van der Waals surface area (Å²) in [5.74, 6) is -0.800. The van der Waals surface area contributed by atoms with Crippen LogP contribution < -0.4 is 10.1 Å². The van der Waals surface area contributed by atoms with Crippen LogP contribution in [0.4, 0.5) is 14.5 Å². The van der Waals surface area contributed by atoms with Crippen LogP contribution in [0.15, 0.2) is 59.3 Å². The Morgan fingerprint density at radius 3 is 2.85 bits per heavy atom. The Kier molecular flexibility index (Phi) is 6.08. The largest absolute Gasteiger partial charge is 0.434 e. The number of halogens is 4. The van der Waals surface area contributed by atoms with Gasteiger partial charge in [-0.05, 0) is 35.9 Å². The summed E-state index contributed by atoms with van der Waals surface area (Å²) in [6, 6.07) is 11.5. The number of aromatic nitrogens is 2. The molecule has 0 aliphatic carbocycles. The highest BCUT2D eigenvalue weighted by atomic mass is 79.9. The van der Waals surface area contributed by atoms with E-state index in [4.69, 9.17) is 11.6 Å². The third kappa shape index (κ3) is 5.27. The molecule has 1 amide bonds. The molecule has 0 radical (unpaired) electrons. The predicted molar refractivity (Wildman–Crippen MR) is 102 cm³/mol. The van der Waals surface area contributed by atoms with Gasteiger partial charge < -0.3 is 10.1 Å². The molecule has 1 heterocycles. The molecule has 9 heteroatoms. The van der Waals surface area contributed by atoms with E-state index in [2.05, 4.69) is 31.1 Å². The van der Waals surface area contributed by atoms with E-state index >= 15 is 0 Å². The fourth-order valence-electron chi connectivity index (χ4n) is 2.41. The van der Waals surface area contributed by atoms with Crippen molar-refractivity contribution < 1.29 is 18.3 Å². The molecule has 0 spiro atoms. The van der Waals surface area contributed by atoms with Crippen molar-refractivity contribution in [1.29, 1.82) is 0 Å². The van der Waals surface area contributed by atoms with Gasteiger partial charge in [0.1, 0.15) is 5.75 Å². The van der Waals surface area contributed by atoms with Gasteiger partial charge in [0.2, 0.25) is 0 Å². The summed E-state index contributed by atoms with van der Waals surface area (Å²) in [5.41, 5.74) is 1.35. The third-order valence-electron chi connectivity index (χ3n) is 3.53. The molecule has 140 valence electrons. The van der Waals surface area contributed by atoms with Gasteiger partial charge in [-0.2, -0.15) is 13.9 Å². The Morgan fingerprint density at radius 1 is 1.30 bits per heavy atom. The lowest BCUT2D eigenvalue weighted by Crippen LogP contribution is -2.15. The first kappa shape index (κ1) is 19.3. The molecule has 3 aromatic rings. The lowest BCUT2D eigenvalue weighted by molar-refractivity contribution is -0.0501. The van der Waals surface area contributed by atoms with Gasteiger partial charge in [-0.25, -0.2) is 0 Å². The van der Waals surface area contributed by atoms with Crippen LogP contribution in [0.2, 0.25) is 5.02 Å². The van der Waals surface area contributed by atoms with Crippen molar-refractivity contribution in [2.45, 2.75) is 13.2 Å². The molecule has 27 heavy (non-hydrogen) atoms. The number of nitrogens with zero attached hydrogens (tertiary/aromatic N) is 2. The third-order valence-corrected chi connectivity index (χ3v) is 4.26. The van der Waals surface area contributed by atoms with Crippen molar-refractivity contribution in [3.8, 4) is 5.75 Å². The number of hydrogen-bond acceptors (Lipinski definition) is 3. The Bertz CT molecular complexity index is 965. The molecule has 0 fully saturated rings. The standard InChI is InChI=1S/C18H13BrClF2N3O2/c19-12-4-5-16(27-18(21)22)15(7-12)17(26)24-14-8-23-25(10-14)9-11-2-1-3-13(20)6-11/h1-8,10,18H,9H2,(H,24,26). The second kappa shape index (κ2) is 8.49. The maximum Gasteiger partial charge on any atom is 0.387 e. The lowest BCUT2D eigenvalue weighted by Gasteiger charge is -2.10. The van der Waals surface area contributed by atoms with Crippen LogP contribution in [-0.2, 0) is 6.54 Å². The number of rotatable bonds is 6. The fourth-order valence-corrected chi connectivity index (χ4v) is 2.99. The molecule has 0 saturated carbocycles. The first-order valence-electron chi connectivity index (χ1n) is 7.73. The van der Waals surface area contributed by atoms with Crippen molar-refractivity contribution >= 4 is 39.1 Å². The zero-order valence-corrected chi connectivity index (χ0v) is 16.0. The first-order valence-corrected chi connectivity index (χ1v) is 8.90. The van der Waals surface area contributed by atoms with Crippen molar-refractivity contribution in [2.24, 2.45) is 0 Å². The van der Waals surface area contributed by atoms with E-state index in [-0.39, 0.29) is 11.3 Å². The fraction of sp³-hybridized carbons (Fsp3) is 0.111. The van der Waals surface area contributed by atoms with Crippen LogP contribution in [0.3, 0.4) is 0 Å². The maximum absolute atomic E-state index is 12.5. The monoisotopic (exact) mass is 455 g/mol. The smallest absolute Gasteiger partial charge is 0.387 e. The SMILES string of the molecule is O=C(Nc1cnn(Cc2cccc(Cl)c2)c1)c1cc(Br)ccc1OC(F)F. The second-order valence-corrected chi connectivity index (χ2v) is 6.88. The van der Waals surface area contributed by atoms with Crippen molar-refractivity contribution in [2.75, 3.05) is 5.32 Å². The van der Waals surface area contributed by atoms with E-state index in [0.717, 1.165) is 5.56 Å². The van der Waals surface area contributed by atoms with E-state index in [9.17, 15) is 13.6 Å². The van der Waals surface area contributed by atoms with Gasteiger partial charge >= 0.3 is 6.61 Å². The molecule has 0 aliphatic heterocycles. The maximum atomic E-state index is 12.5. The van der Waals surface area contributed by atoms with Gasteiger partial charge in [0.05, 0.1) is 24.0 Å². The van der Waals surface area contributed by atoms with Gasteiger partial charge in [0.15, 0.2) is 0 Å². The number of hydrogen-bond donors (Lipinski definition) is 1. The number of carbonyl (C=O) groups is 1. The Hall–Kier alpha value is -2.45. The predicted octanol–water partition coefficient (Wildman–Crippen LogP) is 5.20. The number of amides is 1. The van der Waals surface area contributed by atoms with Crippen LogP contribution in [0.1, 0.15) is 15.9 Å². The minimum Gasteiger partial charge on any atom is -0.434 e. The second-order valence-electron chi connectivity index (χ2n) is 5.53. The summed E-state index contributed by atoms with van der Waals surface area (Å²) in [6.07, 6.45) is 3.10. The van der Waals surface area contributed by atoms with Gasteiger partial charge in [-0.15, -0.1) is 0 Å². The molecule has 1 N–H and O–H groups in total. The summed E-state index contributed by atoms with van der Waals surface area (Å²) in [7, 11) is 0. The highest BCUT2D eigenvalue weighted by Gasteiger charge is 2.17. The molecule has 5 nitrogen and oxygen atoms in total. The number of nitrogens with one attached hydrogen (secondary N) is 1. The van der Waals surface area contributed by atoms with Crippen molar-refractivity contribution in [3.63, 3.8) is 0 Å². The minimum atomic E-state index is -3.03. The van der Waals surface area contributed by atoms with Crippen LogP contribution in [0, 0.1) is 0 Å². The average molecular weight is 457 g/mol. The number of ether oxygens (including phenoxy) is 1. The van der Waals surface area contributed by atoms with E-state index in [1.54, 1.807) is 16.9 Å². The van der Waals surface area contributed by atoms with Crippen molar-refractivity contribution in [1.82, 2.24) is 9.78 Å². The zero-order chi connectivity index (χ0) is 19.4. The van der Waals surface area contributed by atoms with Gasteiger partial charge in [-0.1, -0.05) is 39.7 Å². The van der Waals surface area contributed by atoms with E-state index in [0.29, 0.717) is 21.7 Å². The average Bonchev–Trinajstić information content (AvgIpc) is 3.03. The Labute approximate surface area is 167 Å². The summed E-state index contributed by atoms with van der Waals surface area (Å²) < 4.78 is 31.7. The van der Waals surface area contributed by atoms with Crippen LogP contribution in [0.5, 0.6) is 5.75 Å². The molecular weight excluding hydrogens is 444 g/mol. The highest BCUT2D eigenvalue weighted by molar-refractivity contribution is 9.10. The molecule has 0 unspecified atom stereocenters. The normalized spacial score (nSPS) is 10.9. The first-order chi connectivity index (χ1) is 12.9. The molecule has 0 bridgehead atoms. The summed E-state index contributed by atoms with van der Waals surface area (Å²) >= 11 is 9.17. The van der Waals surface area contributed by atoms with Gasteiger partial charge in [0.25, 0.3) is 5.91 Å². The molecule has 2 aromatic carbocycles. The van der Waals surface area contributed by atoms with E-state index < -0.39 is 12.5 Å². The minimum absolute atomic E-state index is 0.0210. The molecule has 0 atom stereocenters. The van der Waals surface area contributed by atoms with Gasteiger partial charge in [0, 0.05) is 15.7 Å². The Balaban J connectivity index is 1.74. The topological polar surface area (TPSA) is 56.2 Å². The molecule has 0 saturated heterocycles. The highest BCUT2D eigenvalue weighted by Crippen LogP contribution is 2.26. The van der Waals surface area contributed by atoms with Crippen LogP contribution in [-0.4, -0.2) is 22.3 Å². The Morgan fingerprint density at radius 2 is 2.11 bits per heavy atom. The van der Waals surface area contributed by atoms with Crippen LogP contribution in [0.25, 0.3) is 0 Å². The molecule has 1 aromatic heterocycles. The zero-order valence-electron chi connectivity index (χ0n) is 13.7. The van der Waals surface area contributed by atoms with E-state index in [1.165, 1.54) is 24.4 Å². The summed E-state index contributed by atoms with van der Waals surface area (Å²) in [5, 5.41) is 7.42. The number of alkyl halides is 2.